The van der Waals surface area contributed by atoms with Crippen molar-refractivity contribution >= 4 is 21.7 Å². The number of carbonyl (C=O) groups excluding carboxylic acids is 1. The molecule has 0 aromatic heterocycles. The molecule has 0 spiro atoms. The van der Waals surface area contributed by atoms with E-state index >= 15 is 0 Å². The predicted octanol–water partition coefficient (Wildman–Crippen LogP) is 4.05. The van der Waals surface area contributed by atoms with E-state index in [0.29, 0.717) is 4.47 Å². The van der Waals surface area contributed by atoms with Gasteiger partial charge in [0, 0.05) is 18.0 Å². The molecule has 0 saturated heterocycles. The minimum absolute atomic E-state index is 0.0991. The van der Waals surface area contributed by atoms with Crippen LogP contribution in [0.5, 0.6) is 0 Å². The normalized spacial score (nSPS) is 18.3. The standard InChI is InChI=1S/C15H18BrFO2/c1-19-15(7-3-2-4-8-15)14(18)9-11-5-6-12(17)10-13(11)16/h5-6,10H,2-4,7-9H2,1H3. The van der Waals surface area contributed by atoms with Gasteiger partial charge in [0.2, 0.25) is 0 Å². The molecule has 0 unspecified atom stereocenters. The van der Waals surface area contributed by atoms with Crippen LogP contribution < -0.4 is 0 Å². The van der Waals surface area contributed by atoms with Crippen LogP contribution in [-0.4, -0.2) is 18.5 Å². The van der Waals surface area contributed by atoms with Crippen LogP contribution in [0.4, 0.5) is 4.39 Å². The van der Waals surface area contributed by atoms with Crippen molar-refractivity contribution in [2.45, 2.75) is 44.1 Å². The second-order valence-electron chi connectivity index (χ2n) is 5.09. The summed E-state index contributed by atoms with van der Waals surface area (Å²) >= 11 is 3.31. The second kappa shape index (κ2) is 6.14. The number of ether oxygens (including phenoxy) is 1. The van der Waals surface area contributed by atoms with E-state index in [9.17, 15) is 9.18 Å². The summed E-state index contributed by atoms with van der Waals surface area (Å²) in [6, 6.07) is 4.43. The van der Waals surface area contributed by atoms with Crippen LogP contribution in [0.1, 0.15) is 37.7 Å². The van der Waals surface area contributed by atoms with Gasteiger partial charge in [0.05, 0.1) is 0 Å². The zero-order valence-corrected chi connectivity index (χ0v) is 12.6. The third kappa shape index (κ3) is 3.23. The highest BCUT2D eigenvalue weighted by molar-refractivity contribution is 9.10. The minimum Gasteiger partial charge on any atom is -0.370 e. The summed E-state index contributed by atoms with van der Waals surface area (Å²) in [7, 11) is 1.61. The first-order valence-electron chi connectivity index (χ1n) is 6.60. The van der Waals surface area contributed by atoms with Crippen molar-refractivity contribution in [3.05, 3.63) is 34.1 Å². The Morgan fingerprint density at radius 1 is 1.37 bits per heavy atom. The molecule has 1 aromatic rings. The van der Waals surface area contributed by atoms with Crippen molar-refractivity contribution in [1.29, 1.82) is 0 Å². The van der Waals surface area contributed by atoms with Crippen LogP contribution in [0, 0.1) is 5.82 Å². The van der Waals surface area contributed by atoms with Gasteiger partial charge in [-0.3, -0.25) is 4.79 Å². The fraction of sp³-hybridized carbons (Fsp3) is 0.533. The van der Waals surface area contributed by atoms with E-state index in [1.54, 1.807) is 13.2 Å². The maximum Gasteiger partial charge on any atom is 0.168 e. The molecule has 2 rings (SSSR count). The molecule has 1 aliphatic carbocycles. The number of hydrogen-bond acceptors (Lipinski definition) is 2. The Bertz CT molecular complexity index is 467. The topological polar surface area (TPSA) is 26.3 Å². The smallest absolute Gasteiger partial charge is 0.168 e. The lowest BCUT2D eigenvalue weighted by Crippen LogP contribution is -2.43. The number of benzene rings is 1. The monoisotopic (exact) mass is 328 g/mol. The van der Waals surface area contributed by atoms with Crippen LogP contribution in [0.2, 0.25) is 0 Å². The molecule has 2 nitrogen and oxygen atoms in total. The molecule has 104 valence electrons. The van der Waals surface area contributed by atoms with E-state index in [1.165, 1.54) is 18.6 Å². The molecule has 4 heteroatoms. The highest BCUT2D eigenvalue weighted by Gasteiger charge is 2.39. The van der Waals surface area contributed by atoms with Gasteiger partial charge >= 0.3 is 0 Å². The van der Waals surface area contributed by atoms with E-state index in [-0.39, 0.29) is 18.0 Å². The van der Waals surface area contributed by atoms with Gasteiger partial charge in [-0.15, -0.1) is 0 Å². The lowest BCUT2D eigenvalue weighted by atomic mass is 9.79. The van der Waals surface area contributed by atoms with Crippen molar-refractivity contribution in [3.8, 4) is 0 Å². The van der Waals surface area contributed by atoms with Gasteiger partial charge < -0.3 is 4.74 Å². The Morgan fingerprint density at radius 2 is 2.05 bits per heavy atom. The van der Waals surface area contributed by atoms with Crippen LogP contribution in [0.25, 0.3) is 0 Å². The molecule has 1 saturated carbocycles. The molecule has 1 aromatic carbocycles. The van der Waals surface area contributed by atoms with E-state index in [2.05, 4.69) is 15.9 Å². The number of carbonyl (C=O) groups is 1. The van der Waals surface area contributed by atoms with Gasteiger partial charge in [0.15, 0.2) is 5.78 Å². The average molecular weight is 329 g/mol. The first-order valence-corrected chi connectivity index (χ1v) is 7.39. The molecule has 0 aliphatic heterocycles. The van der Waals surface area contributed by atoms with Gasteiger partial charge in [-0.25, -0.2) is 4.39 Å². The van der Waals surface area contributed by atoms with Gasteiger partial charge in [0.25, 0.3) is 0 Å². The van der Waals surface area contributed by atoms with E-state index in [4.69, 9.17) is 4.74 Å². The summed E-state index contributed by atoms with van der Waals surface area (Å²) in [5.74, 6) is -0.204. The fourth-order valence-electron chi connectivity index (χ4n) is 2.72. The highest BCUT2D eigenvalue weighted by Crippen LogP contribution is 2.33. The Hall–Kier alpha value is -0.740. The van der Waals surface area contributed by atoms with Crippen LogP contribution in [-0.2, 0) is 16.0 Å². The van der Waals surface area contributed by atoms with Gasteiger partial charge in [-0.1, -0.05) is 41.3 Å². The Morgan fingerprint density at radius 3 is 2.63 bits per heavy atom. The summed E-state index contributed by atoms with van der Waals surface area (Å²) in [4.78, 5) is 12.5. The maximum atomic E-state index is 13.0. The lowest BCUT2D eigenvalue weighted by Gasteiger charge is -2.34. The Labute approximate surface area is 121 Å². The number of ketones is 1. The van der Waals surface area contributed by atoms with Gasteiger partial charge in [-0.05, 0) is 30.5 Å². The molecule has 0 bridgehead atoms. The van der Waals surface area contributed by atoms with Crippen LogP contribution >= 0.6 is 15.9 Å². The van der Waals surface area contributed by atoms with E-state index in [0.717, 1.165) is 31.2 Å². The zero-order chi connectivity index (χ0) is 13.9. The molecule has 19 heavy (non-hydrogen) atoms. The maximum absolute atomic E-state index is 13.0. The van der Waals surface area contributed by atoms with Crippen molar-refractivity contribution in [2.75, 3.05) is 7.11 Å². The number of methoxy groups -OCH3 is 1. The SMILES string of the molecule is COC1(C(=O)Cc2ccc(F)cc2Br)CCCCC1. The largest absolute Gasteiger partial charge is 0.370 e. The molecule has 1 aliphatic rings. The zero-order valence-electron chi connectivity index (χ0n) is 11.0. The molecular formula is C15H18BrFO2. The van der Waals surface area contributed by atoms with Crippen LogP contribution in [0.15, 0.2) is 22.7 Å². The third-order valence-corrected chi connectivity index (χ3v) is 4.66. The first kappa shape index (κ1) is 14.7. The summed E-state index contributed by atoms with van der Waals surface area (Å²) in [6.07, 6.45) is 5.10. The minimum atomic E-state index is -0.633. The van der Waals surface area contributed by atoms with Gasteiger partial charge in [-0.2, -0.15) is 0 Å². The Balaban J connectivity index is 2.15. The van der Waals surface area contributed by atoms with E-state index < -0.39 is 5.60 Å². The van der Waals surface area contributed by atoms with Crippen molar-refractivity contribution < 1.29 is 13.9 Å². The predicted molar refractivity (Wildman–Crippen MR) is 75.6 cm³/mol. The molecule has 0 amide bonds. The van der Waals surface area contributed by atoms with Crippen molar-refractivity contribution in [2.24, 2.45) is 0 Å². The van der Waals surface area contributed by atoms with Crippen molar-refractivity contribution in [3.63, 3.8) is 0 Å². The van der Waals surface area contributed by atoms with Crippen LogP contribution in [0.3, 0.4) is 0 Å². The molecule has 0 heterocycles. The molecular weight excluding hydrogens is 311 g/mol. The molecule has 1 fully saturated rings. The second-order valence-corrected chi connectivity index (χ2v) is 5.95. The summed E-state index contributed by atoms with van der Waals surface area (Å²) in [5, 5.41) is 0. The molecule has 0 atom stereocenters. The molecule has 0 N–H and O–H groups in total. The quantitative estimate of drug-likeness (QED) is 0.833. The Kier molecular flexibility index (Phi) is 4.74. The molecule has 0 radical (unpaired) electrons. The lowest BCUT2D eigenvalue weighted by molar-refractivity contribution is -0.144. The highest BCUT2D eigenvalue weighted by atomic mass is 79.9. The number of halogens is 2. The summed E-state index contributed by atoms with van der Waals surface area (Å²) < 4.78 is 19.2. The van der Waals surface area contributed by atoms with Crippen molar-refractivity contribution in [1.82, 2.24) is 0 Å². The number of hydrogen-bond donors (Lipinski definition) is 0. The summed E-state index contributed by atoms with van der Waals surface area (Å²) in [5.41, 5.74) is 0.180. The van der Waals surface area contributed by atoms with Gasteiger partial charge in [0.1, 0.15) is 11.4 Å². The fourth-order valence-corrected chi connectivity index (χ4v) is 3.21. The first-order chi connectivity index (χ1) is 9.07. The summed E-state index contributed by atoms with van der Waals surface area (Å²) in [6.45, 7) is 0. The number of Topliss-reactive ketones (excluding diaryl/α,β-unsaturated/α-hetero) is 1. The average Bonchev–Trinajstić information content (AvgIpc) is 2.42. The number of rotatable bonds is 4. The van der Waals surface area contributed by atoms with E-state index in [1.807, 2.05) is 0 Å². The third-order valence-electron chi connectivity index (χ3n) is 3.93.